The van der Waals surface area contributed by atoms with Gasteiger partial charge in [-0.2, -0.15) is 0 Å². The number of fused-ring (bicyclic) bond motifs is 3. The molecule has 2 saturated heterocycles. The summed E-state index contributed by atoms with van der Waals surface area (Å²) in [7, 11) is -8.09. The normalized spacial score (nSPS) is 31.6. The molecule has 3 aliphatic rings. The Morgan fingerprint density at radius 2 is 1.72 bits per heavy atom. The van der Waals surface area contributed by atoms with Crippen molar-refractivity contribution in [3.05, 3.63) is 78.1 Å². The Morgan fingerprint density at radius 1 is 0.940 bits per heavy atom. The fourth-order valence-electron chi connectivity index (χ4n) is 6.36. The number of anilines is 1. The van der Waals surface area contributed by atoms with Crippen LogP contribution >= 0.6 is 15.6 Å². The number of aromatic nitrogens is 5. The number of rotatable bonds is 5. The molecule has 264 valence electrons. The Hall–Kier alpha value is -3.96. The molecular weight excluding hydrogens is 698 g/mol. The van der Waals surface area contributed by atoms with Crippen molar-refractivity contribution >= 4 is 44.5 Å². The fraction of sp³-hybridized carbons (Fsp3) is 0.400. The topological polar surface area (TPSA) is 233 Å². The number of methoxy groups -OCH3 is 1. The number of esters is 1. The molecule has 50 heavy (non-hydrogen) atoms. The molecule has 1 aromatic carbocycles. The smallest absolute Gasteiger partial charge is 0.464 e. The number of phosphoric ester groups is 2. The molecule has 1 amide bonds. The molecule has 3 N–H and O–H groups in total. The second-order valence-electron chi connectivity index (χ2n) is 11.9. The number of pyridine rings is 1. The van der Waals surface area contributed by atoms with E-state index in [1.165, 1.54) is 30.5 Å². The van der Waals surface area contributed by atoms with Crippen LogP contribution in [0.25, 0.3) is 11.2 Å². The Morgan fingerprint density at radius 3 is 2.52 bits per heavy atom. The molecule has 20 heteroatoms. The van der Waals surface area contributed by atoms with Gasteiger partial charge in [0.05, 0.1) is 33.3 Å². The molecule has 3 fully saturated rings. The molecule has 7 rings (SSSR count). The molecule has 8 atom stereocenters. The lowest BCUT2D eigenvalue weighted by molar-refractivity contribution is -0.0438. The number of amides is 1. The Labute approximate surface area is 284 Å². The van der Waals surface area contributed by atoms with Crippen LogP contribution in [0.2, 0.25) is 0 Å². The van der Waals surface area contributed by atoms with E-state index in [9.17, 15) is 28.5 Å². The van der Waals surface area contributed by atoms with Gasteiger partial charge in [-0.3, -0.25) is 27.5 Å². The van der Waals surface area contributed by atoms with Gasteiger partial charge in [-0.05, 0) is 54.0 Å². The van der Waals surface area contributed by atoms with E-state index in [-0.39, 0.29) is 54.1 Å². The zero-order valence-corrected chi connectivity index (χ0v) is 28.2. The highest BCUT2D eigenvalue weighted by molar-refractivity contribution is 7.47. The summed E-state index contributed by atoms with van der Waals surface area (Å²) >= 11 is 0. The lowest BCUT2D eigenvalue weighted by Crippen LogP contribution is -2.40. The monoisotopic (exact) mass is 730 g/mol. The number of nitrogens with one attached hydrogen (secondary N) is 1. The lowest BCUT2D eigenvalue weighted by atomic mass is 9.63. The van der Waals surface area contributed by atoms with Gasteiger partial charge in [-0.1, -0.05) is 18.2 Å². The van der Waals surface area contributed by atoms with Crippen LogP contribution in [-0.2, 0) is 36.7 Å². The summed E-state index contributed by atoms with van der Waals surface area (Å²) in [5.74, 6) is -1.92. The van der Waals surface area contributed by atoms with Gasteiger partial charge in [-0.25, -0.2) is 33.9 Å². The van der Waals surface area contributed by atoms with Crippen molar-refractivity contribution in [3.63, 3.8) is 0 Å². The summed E-state index contributed by atoms with van der Waals surface area (Å²) in [5.41, 5.74) is 1.75. The summed E-state index contributed by atoms with van der Waals surface area (Å²) in [6, 6.07) is 11.8. The van der Waals surface area contributed by atoms with E-state index in [1.807, 2.05) is 0 Å². The van der Waals surface area contributed by atoms with Crippen LogP contribution in [0.1, 0.15) is 51.4 Å². The first kappa shape index (κ1) is 34.5. The van der Waals surface area contributed by atoms with Crippen LogP contribution in [-0.4, -0.2) is 85.3 Å². The van der Waals surface area contributed by atoms with E-state index in [0.717, 1.165) is 0 Å². The molecule has 4 aromatic rings. The van der Waals surface area contributed by atoms with Crippen LogP contribution < -0.4 is 5.32 Å². The van der Waals surface area contributed by atoms with Gasteiger partial charge in [0.2, 0.25) is 0 Å². The summed E-state index contributed by atoms with van der Waals surface area (Å²) < 4.78 is 60.3. The predicted molar refractivity (Wildman–Crippen MR) is 171 cm³/mol. The number of imidazole rings is 1. The molecular formula is C30H32N6O12P2. The summed E-state index contributed by atoms with van der Waals surface area (Å²) in [6.45, 7) is -1.01. The zero-order chi connectivity index (χ0) is 35.0. The number of hydrogen-bond acceptors (Lipinski definition) is 14. The van der Waals surface area contributed by atoms with Crippen LogP contribution in [0.3, 0.4) is 0 Å². The number of hydrogen-bond donors (Lipinski definition) is 3. The van der Waals surface area contributed by atoms with Gasteiger partial charge in [0.15, 0.2) is 17.0 Å². The first-order valence-corrected chi connectivity index (χ1v) is 18.5. The Balaban J connectivity index is 1.08. The average molecular weight is 731 g/mol. The number of carbonyl (C=O) groups excluding carboxylic acids is 2. The number of phosphoric acid groups is 2. The maximum absolute atomic E-state index is 13.2. The molecule has 0 spiro atoms. The third kappa shape index (κ3) is 7.26. The number of ether oxygens (including phenoxy) is 2. The lowest BCUT2D eigenvalue weighted by Gasteiger charge is -2.45. The van der Waals surface area contributed by atoms with Crippen molar-refractivity contribution in [1.29, 1.82) is 0 Å². The van der Waals surface area contributed by atoms with Gasteiger partial charge < -0.3 is 24.6 Å². The SMILES string of the molecule is COC(=O)c1cc([C@@H]2C[C@@H]3COP(=O)(O)O[C@H]4C[C@H](n5cnc6c(NC(=O)c7ccccc7)ncnc65)O[C@@H]4COP(=O)(O)OC[C@H]32)ccn1. The van der Waals surface area contributed by atoms with Crippen LogP contribution in [0.15, 0.2) is 61.3 Å². The molecule has 2 unspecified atom stereocenters. The molecule has 1 aliphatic carbocycles. The predicted octanol–water partition coefficient (Wildman–Crippen LogP) is 3.62. The minimum Gasteiger partial charge on any atom is -0.464 e. The highest BCUT2D eigenvalue weighted by Gasteiger charge is 2.48. The summed E-state index contributed by atoms with van der Waals surface area (Å²) in [4.78, 5) is 63.0. The number of benzene rings is 1. The van der Waals surface area contributed by atoms with E-state index in [0.29, 0.717) is 17.5 Å². The van der Waals surface area contributed by atoms with E-state index in [1.54, 1.807) is 42.5 Å². The highest BCUT2D eigenvalue weighted by atomic mass is 31.2. The van der Waals surface area contributed by atoms with Crippen molar-refractivity contribution in [2.75, 3.05) is 32.2 Å². The van der Waals surface area contributed by atoms with Crippen molar-refractivity contribution in [1.82, 2.24) is 24.5 Å². The molecule has 0 radical (unpaired) electrons. The molecule has 5 heterocycles. The van der Waals surface area contributed by atoms with Crippen molar-refractivity contribution in [3.8, 4) is 0 Å². The molecule has 3 aromatic heterocycles. The van der Waals surface area contributed by atoms with Crippen molar-refractivity contribution in [2.45, 2.75) is 37.2 Å². The van der Waals surface area contributed by atoms with E-state index in [2.05, 4.69) is 25.3 Å². The van der Waals surface area contributed by atoms with Crippen LogP contribution in [0.4, 0.5) is 5.82 Å². The minimum absolute atomic E-state index is 0.0294. The maximum Gasteiger partial charge on any atom is 0.472 e. The fourth-order valence-corrected chi connectivity index (χ4v) is 8.14. The maximum atomic E-state index is 13.2. The van der Waals surface area contributed by atoms with Crippen molar-refractivity contribution in [2.24, 2.45) is 11.8 Å². The van der Waals surface area contributed by atoms with Crippen molar-refractivity contribution < 1.29 is 56.1 Å². The van der Waals surface area contributed by atoms with Crippen LogP contribution in [0.5, 0.6) is 0 Å². The Bertz CT molecular complexity index is 2000. The van der Waals surface area contributed by atoms with E-state index < -0.39 is 58.5 Å². The molecule has 1 saturated carbocycles. The highest BCUT2D eigenvalue weighted by Crippen LogP contribution is 2.55. The molecule has 18 nitrogen and oxygen atoms in total. The van der Waals surface area contributed by atoms with Crippen LogP contribution in [0, 0.1) is 11.8 Å². The van der Waals surface area contributed by atoms with Gasteiger partial charge in [-0.15, -0.1) is 0 Å². The van der Waals surface area contributed by atoms with E-state index >= 15 is 0 Å². The van der Waals surface area contributed by atoms with Gasteiger partial charge in [0.25, 0.3) is 5.91 Å². The number of nitrogens with zero attached hydrogens (tertiary/aromatic N) is 5. The van der Waals surface area contributed by atoms with Gasteiger partial charge >= 0.3 is 21.6 Å². The quantitative estimate of drug-likeness (QED) is 0.197. The van der Waals surface area contributed by atoms with Gasteiger partial charge in [0, 0.05) is 18.2 Å². The minimum atomic E-state index is -4.68. The molecule has 2 aliphatic heterocycles. The van der Waals surface area contributed by atoms with E-state index in [4.69, 9.17) is 27.6 Å². The summed E-state index contributed by atoms with van der Waals surface area (Å²) in [6.07, 6.45) is 1.38. The third-order valence-corrected chi connectivity index (χ3v) is 10.9. The first-order valence-electron chi connectivity index (χ1n) is 15.5. The largest absolute Gasteiger partial charge is 0.472 e. The average Bonchev–Trinajstić information content (AvgIpc) is 3.71. The van der Waals surface area contributed by atoms with Gasteiger partial charge in [0.1, 0.15) is 30.5 Å². The summed E-state index contributed by atoms with van der Waals surface area (Å²) in [5, 5.41) is 2.72. The second-order valence-corrected chi connectivity index (χ2v) is 14.8. The third-order valence-electron chi connectivity index (χ3n) is 8.96. The zero-order valence-electron chi connectivity index (χ0n) is 26.4. The second kappa shape index (κ2) is 14.0. The Kier molecular flexibility index (Phi) is 9.64. The standard InChI is InChI=1S/C30H32N6O12P2/c1-43-30(38)22-10-18(7-8-31-22)20-9-19-12-44-50(41,42)48-23-11-25(47-24(23)14-46-49(39,40)45-13-21(19)20)36-16-34-26-27(32-15-33-28(26)36)35-29(37)17-5-3-2-4-6-17/h2-8,10,15-16,19-21,23-25H,9,11-14H2,1H3,(H,39,40)(H,41,42)(H,32,33,35,37)/t19-,20+,21-,23+,24-,25-/m1/s1. The first-order chi connectivity index (χ1) is 24.0. The number of carbonyl (C=O) groups is 2. The molecule has 0 bridgehead atoms.